The van der Waals surface area contributed by atoms with E-state index in [9.17, 15) is 18.3 Å². The second-order valence-electron chi connectivity index (χ2n) is 13.3. The van der Waals surface area contributed by atoms with E-state index in [1.54, 1.807) is 11.0 Å². The Hall–Kier alpha value is -3.52. The summed E-state index contributed by atoms with van der Waals surface area (Å²) >= 11 is 0. The molecule has 1 fully saturated rings. The standard InChI is InChI=1S/C33H41N3O4S/c1-32(2,3)24-8-11-26(29(20-24)35-17-14-33(4,5)15-18-35)22-7-10-27-23(19-22)13-16-36(31(27)38)25-9-12-30(37)28(21-25)34-41(6,39)40/h7-12,19-21,34,37H,13-18H2,1-6H3. The number of aromatic hydroxyl groups is 1. The van der Waals surface area contributed by atoms with Gasteiger partial charge in [0.25, 0.3) is 5.91 Å². The highest BCUT2D eigenvalue weighted by Gasteiger charge is 2.29. The number of benzene rings is 3. The monoisotopic (exact) mass is 575 g/mol. The van der Waals surface area contributed by atoms with Gasteiger partial charge in [-0.05, 0) is 77.1 Å². The lowest BCUT2D eigenvalue weighted by atomic mass is 9.81. The van der Waals surface area contributed by atoms with E-state index in [2.05, 4.69) is 68.5 Å². The van der Waals surface area contributed by atoms with Crippen LogP contribution in [-0.2, 0) is 21.9 Å². The first kappa shape index (κ1) is 29.0. The normalized spacial score (nSPS) is 17.4. The highest BCUT2D eigenvalue weighted by Crippen LogP contribution is 2.40. The van der Waals surface area contributed by atoms with Crippen LogP contribution in [0.4, 0.5) is 17.1 Å². The third-order valence-electron chi connectivity index (χ3n) is 8.41. The molecule has 0 unspecified atom stereocenters. The maximum Gasteiger partial charge on any atom is 0.258 e. The number of phenols is 1. The van der Waals surface area contributed by atoms with Crippen molar-refractivity contribution in [3.05, 3.63) is 71.3 Å². The van der Waals surface area contributed by atoms with Crippen molar-refractivity contribution in [2.45, 2.75) is 59.3 Å². The van der Waals surface area contributed by atoms with Crippen LogP contribution in [-0.4, -0.2) is 45.3 Å². The summed E-state index contributed by atoms with van der Waals surface area (Å²) in [6, 6.07) is 17.5. The van der Waals surface area contributed by atoms with Crippen LogP contribution < -0.4 is 14.5 Å². The van der Waals surface area contributed by atoms with Crippen molar-refractivity contribution in [1.29, 1.82) is 0 Å². The van der Waals surface area contributed by atoms with Crippen molar-refractivity contribution >= 4 is 33.0 Å². The number of nitrogens with one attached hydrogen (secondary N) is 1. The molecule has 3 aromatic carbocycles. The van der Waals surface area contributed by atoms with Gasteiger partial charge in [0.2, 0.25) is 10.0 Å². The Bertz CT molecular complexity index is 1600. The van der Waals surface area contributed by atoms with Gasteiger partial charge in [-0.2, -0.15) is 0 Å². The Morgan fingerprint density at radius 3 is 2.24 bits per heavy atom. The lowest BCUT2D eigenvalue weighted by molar-refractivity contribution is 0.0980. The van der Waals surface area contributed by atoms with E-state index in [1.807, 2.05) is 12.1 Å². The van der Waals surface area contributed by atoms with Crippen molar-refractivity contribution < 1.29 is 18.3 Å². The minimum atomic E-state index is -3.59. The topological polar surface area (TPSA) is 89.9 Å². The summed E-state index contributed by atoms with van der Waals surface area (Å²) < 4.78 is 25.8. The van der Waals surface area contributed by atoms with Crippen LogP contribution in [0, 0.1) is 5.41 Å². The number of amides is 1. The summed E-state index contributed by atoms with van der Waals surface area (Å²) in [5.74, 6) is -0.338. The van der Waals surface area contributed by atoms with E-state index >= 15 is 0 Å². The Balaban J connectivity index is 1.48. The molecule has 0 bridgehead atoms. The zero-order chi connectivity index (χ0) is 29.7. The summed E-state index contributed by atoms with van der Waals surface area (Å²) in [4.78, 5) is 17.7. The van der Waals surface area contributed by atoms with Crippen LogP contribution in [0.1, 0.15) is 68.9 Å². The number of carbonyl (C=O) groups is 1. The van der Waals surface area contributed by atoms with Crippen LogP contribution in [0.2, 0.25) is 0 Å². The average molecular weight is 576 g/mol. The van der Waals surface area contributed by atoms with E-state index in [1.165, 1.54) is 28.9 Å². The zero-order valence-electron chi connectivity index (χ0n) is 24.9. The maximum atomic E-state index is 13.6. The third kappa shape index (κ3) is 6.22. The quantitative estimate of drug-likeness (QED) is 0.337. The number of sulfonamides is 1. The molecule has 0 spiro atoms. The predicted molar refractivity (Wildman–Crippen MR) is 168 cm³/mol. The number of carbonyl (C=O) groups excluding carboxylic acids is 1. The largest absolute Gasteiger partial charge is 0.506 e. The summed E-state index contributed by atoms with van der Waals surface area (Å²) in [5.41, 5.74) is 7.47. The maximum absolute atomic E-state index is 13.6. The smallest absolute Gasteiger partial charge is 0.258 e. The SMILES string of the molecule is CC1(C)CCN(c2cc(C(C)(C)C)ccc2-c2ccc3c(c2)CCN(c2ccc(O)c(NS(C)(=O)=O)c2)C3=O)CC1. The van der Waals surface area contributed by atoms with Gasteiger partial charge in [0.1, 0.15) is 5.75 Å². The van der Waals surface area contributed by atoms with Gasteiger partial charge >= 0.3 is 0 Å². The van der Waals surface area contributed by atoms with E-state index in [4.69, 9.17) is 0 Å². The van der Waals surface area contributed by atoms with Gasteiger partial charge in [-0.1, -0.05) is 58.9 Å². The number of piperidine rings is 1. The lowest BCUT2D eigenvalue weighted by Crippen LogP contribution is -2.38. The first-order valence-corrected chi connectivity index (χ1v) is 16.2. The number of hydrogen-bond acceptors (Lipinski definition) is 5. The molecule has 7 nitrogen and oxygen atoms in total. The third-order valence-corrected chi connectivity index (χ3v) is 9.00. The minimum absolute atomic E-state index is 0.0407. The number of phenolic OH excluding ortho intramolecular Hbond substituents is 1. The van der Waals surface area contributed by atoms with E-state index in [0.717, 1.165) is 43.3 Å². The van der Waals surface area contributed by atoms with Crippen molar-refractivity contribution in [2.75, 3.05) is 40.4 Å². The summed E-state index contributed by atoms with van der Waals surface area (Å²) in [6.07, 6.45) is 3.99. The first-order chi connectivity index (χ1) is 19.1. The Morgan fingerprint density at radius 2 is 1.59 bits per heavy atom. The van der Waals surface area contributed by atoms with Gasteiger partial charge in [0, 0.05) is 42.1 Å². The Kier molecular flexibility index (Phi) is 7.35. The molecule has 5 rings (SSSR count). The molecule has 2 aliphatic heterocycles. The Labute approximate surface area is 244 Å². The number of fused-ring (bicyclic) bond motifs is 1. The van der Waals surface area contributed by atoms with Crippen LogP contribution >= 0.6 is 0 Å². The molecule has 2 N–H and O–H groups in total. The second-order valence-corrected chi connectivity index (χ2v) is 15.0. The summed E-state index contributed by atoms with van der Waals surface area (Å²) in [6.45, 7) is 13.9. The molecule has 218 valence electrons. The number of anilines is 3. The van der Waals surface area contributed by atoms with Gasteiger partial charge in [0.15, 0.2) is 0 Å². The van der Waals surface area contributed by atoms with Crippen LogP contribution in [0.5, 0.6) is 5.75 Å². The zero-order valence-corrected chi connectivity index (χ0v) is 25.7. The molecule has 0 radical (unpaired) electrons. The summed E-state index contributed by atoms with van der Waals surface area (Å²) in [5, 5.41) is 10.1. The molecule has 41 heavy (non-hydrogen) atoms. The molecular formula is C33H41N3O4S. The fourth-order valence-corrected chi connectivity index (χ4v) is 6.30. The highest BCUT2D eigenvalue weighted by atomic mass is 32.2. The second kappa shape index (κ2) is 10.4. The van der Waals surface area contributed by atoms with E-state index < -0.39 is 10.0 Å². The number of hydrogen-bond donors (Lipinski definition) is 2. The van der Waals surface area contributed by atoms with Crippen molar-refractivity contribution in [1.82, 2.24) is 0 Å². The molecule has 1 amide bonds. The molecule has 0 saturated carbocycles. The van der Waals surface area contributed by atoms with Gasteiger partial charge in [0.05, 0.1) is 11.9 Å². The summed E-state index contributed by atoms with van der Waals surface area (Å²) in [7, 11) is -3.59. The molecule has 0 atom stereocenters. The number of nitrogens with zero attached hydrogens (tertiary/aromatic N) is 2. The molecule has 2 aliphatic rings. The lowest BCUT2D eigenvalue weighted by Gasteiger charge is -2.39. The molecule has 0 aromatic heterocycles. The first-order valence-electron chi connectivity index (χ1n) is 14.3. The van der Waals surface area contributed by atoms with E-state index in [0.29, 0.717) is 29.6 Å². The van der Waals surface area contributed by atoms with E-state index in [-0.39, 0.29) is 22.8 Å². The molecule has 2 heterocycles. The average Bonchev–Trinajstić information content (AvgIpc) is 2.88. The highest BCUT2D eigenvalue weighted by molar-refractivity contribution is 7.92. The number of rotatable bonds is 5. The Morgan fingerprint density at radius 1 is 0.902 bits per heavy atom. The van der Waals surface area contributed by atoms with Crippen LogP contribution in [0.3, 0.4) is 0 Å². The van der Waals surface area contributed by atoms with Gasteiger partial charge in [-0.15, -0.1) is 0 Å². The molecular weight excluding hydrogens is 534 g/mol. The van der Waals surface area contributed by atoms with Gasteiger partial charge in [-0.3, -0.25) is 9.52 Å². The predicted octanol–water partition coefficient (Wildman–Crippen LogP) is 6.56. The minimum Gasteiger partial charge on any atom is -0.506 e. The molecule has 1 saturated heterocycles. The fraction of sp³-hybridized carbons (Fsp3) is 0.424. The van der Waals surface area contributed by atoms with Gasteiger partial charge in [-0.25, -0.2) is 8.42 Å². The fourth-order valence-electron chi connectivity index (χ4n) is 5.73. The van der Waals surface area contributed by atoms with Crippen molar-refractivity contribution in [3.8, 4) is 16.9 Å². The molecule has 0 aliphatic carbocycles. The van der Waals surface area contributed by atoms with Gasteiger partial charge < -0.3 is 14.9 Å². The van der Waals surface area contributed by atoms with Crippen molar-refractivity contribution in [3.63, 3.8) is 0 Å². The van der Waals surface area contributed by atoms with Crippen LogP contribution in [0.15, 0.2) is 54.6 Å². The van der Waals surface area contributed by atoms with Crippen molar-refractivity contribution in [2.24, 2.45) is 5.41 Å². The molecule has 8 heteroatoms. The van der Waals surface area contributed by atoms with Crippen LogP contribution in [0.25, 0.3) is 11.1 Å². The molecule has 3 aromatic rings.